The summed E-state index contributed by atoms with van der Waals surface area (Å²) < 4.78 is 7.41. The largest absolute Gasteiger partial charge is 0.472 e. The predicted molar refractivity (Wildman–Crippen MR) is 88.1 cm³/mol. The summed E-state index contributed by atoms with van der Waals surface area (Å²) in [6, 6.07) is 2.56. The van der Waals surface area contributed by atoms with Crippen LogP contribution in [0, 0.1) is 0 Å². The van der Waals surface area contributed by atoms with Gasteiger partial charge >= 0.3 is 0 Å². The van der Waals surface area contributed by atoms with Gasteiger partial charge in [0.1, 0.15) is 5.82 Å². The highest BCUT2D eigenvalue weighted by atomic mass is 16.3. The molecule has 2 aliphatic rings. The number of fused-ring (bicyclic) bond motifs is 1. The average Bonchev–Trinajstić information content (AvgIpc) is 3.26. The van der Waals surface area contributed by atoms with Crippen molar-refractivity contribution in [3.8, 4) is 0 Å². The van der Waals surface area contributed by atoms with Crippen LogP contribution in [0.5, 0.6) is 0 Å². The van der Waals surface area contributed by atoms with Gasteiger partial charge in [-0.2, -0.15) is 0 Å². The molecule has 0 aromatic carbocycles. The lowest BCUT2D eigenvalue weighted by molar-refractivity contribution is 0.155. The summed E-state index contributed by atoms with van der Waals surface area (Å²) in [7, 11) is 0. The van der Waals surface area contributed by atoms with Crippen molar-refractivity contribution >= 4 is 0 Å². The molecule has 0 spiro atoms. The third-order valence-electron chi connectivity index (χ3n) is 5.13. The summed E-state index contributed by atoms with van der Waals surface area (Å²) in [5.41, 5.74) is 1.19. The maximum atomic E-state index is 10.1. The molecule has 0 saturated carbocycles. The first-order chi connectivity index (χ1) is 11.6. The molecule has 7 nitrogen and oxygen atoms in total. The van der Waals surface area contributed by atoms with E-state index in [1.165, 1.54) is 5.56 Å². The molecule has 2 atom stereocenters. The Morgan fingerprint density at radius 1 is 1.33 bits per heavy atom. The van der Waals surface area contributed by atoms with E-state index < -0.39 is 0 Å². The molecule has 0 bridgehead atoms. The van der Waals surface area contributed by atoms with Crippen LogP contribution in [0.1, 0.15) is 43.5 Å². The fraction of sp³-hybridized carbons (Fsp3) is 0.647. The Kier molecular flexibility index (Phi) is 4.15. The van der Waals surface area contributed by atoms with Crippen LogP contribution in [0.15, 0.2) is 23.0 Å². The summed E-state index contributed by atoms with van der Waals surface area (Å²) in [6.45, 7) is 8.61. The van der Waals surface area contributed by atoms with E-state index in [1.54, 1.807) is 12.5 Å². The minimum Gasteiger partial charge on any atom is -0.472 e. The van der Waals surface area contributed by atoms with Crippen molar-refractivity contribution in [1.82, 2.24) is 24.6 Å². The number of aliphatic hydroxyl groups is 1. The van der Waals surface area contributed by atoms with Gasteiger partial charge in [-0.15, -0.1) is 10.2 Å². The van der Waals surface area contributed by atoms with Crippen LogP contribution in [-0.2, 0) is 19.6 Å². The van der Waals surface area contributed by atoms with Gasteiger partial charge in [0.15, 0.2) is 5.82 Å². The molecule has 1 fully saturated rings. The van der Waals surface area contributed by atoms with Gasteiger partial charge in [0.2, 0.25) is 0 Å². The summed E-state index contributed by atoms with van der Waals surface area (Å²) in [5, 5.41) is 19.0. The zero-order chi connectivity index (χ0) is 16.7. The van der Waals surface area contributed by atoms with Crippen molar-refractivity contribution in [2.75, 3.05) is 13.1 Å². The van der Waals surface area contributed by atoms with E-state index in [4.69, 9.17) is 4.42 Å². The molecule has 7 heteroatoms. The van der Waals surface area contributed by atoms with Crippen LogP contribution in [0.25, 0.3) is 0 Å². The second-order valence-electron chi connectivity index (χ2n) is 7.16. The molecule has 4 heterocycles. The van der Waals surface area contributed by atoms with Crippen molar-refractivity contribution in [3.63, 3.8) is 0 Å². The Bertz CT molecular complexity index is 681. The van der Waals surface area contributed by atoms with Crippen LogP contribution in [0.3, 0.4) is 0 Å². The van der Waals surface area contributed by atoms with Gasteiger partial charge in [-0.3, -0.25) is 9.80 Å². The summed E-state index contributed by atoms with van der Waals surface area (Å²) in [6.07, 6.45) is 3.98. The lowest BCUT2D eigenvalue weighted by Gasteiger charge is -2.31. The monoisotopic (exact) mass is 331 g/mol. The van der Waals surface area contributed by atoms with E-state index in [1.807, 2.05) is 6.07 Å². The molecule has 24 heavy (non-hydrogen) atoms. The predicted octanol–water partition coefficient (Wildman–Crippen LogP) is 1.40. The third-order valence-corrected chi connectivity index (χ3v) is 5.13. The fourth-order valence-electron chi connectivity index (χ4n) is 3.92. The number of hydrogen-bond acceptors (Lipinski definition) is 6. The number of aliphatic hydroxyl groups excluding tert-OH is 1. The van der Waals surface area contributed by atoms with E-state index in [-0.39, 0.29) is 12.1 Å². The molecule has 0 radical (unpaired) electrons. The van der Waals surface area contributed by atoms with Gasteiger partial charge in [-0.25, -0.2) is 0 Å². The van der Waals surface area contributed by atoms with Gasteiger partial charge in [-0.05, 0) is 26.3 Å². The SMILES string of the molecule is CC(C)N1C[C@@H](O)C[C@H]1c1nnc2n1CCN(Cc1ccoc1)C2. The van der Waals surface area contributed by atoms with Crippen molar-refractivity contribution < 1.29 is 9.52 Å². The van der Waals surface area contributed by atoms with Crippen LogP contribution < -0.4 is 0 Å². The van der Waals surface area contributed by atoms with Crippen molar-refractivity contribution in [1.29, 1.82) is 0 Å². The lowest BCUT2D eigenvalue weighted by Crippen LogP contribution is -2.36. The van der Waals surface area contributed by atoms with E-state index in [0.29, 0.717) is 6.04 Å². The summed E-state index contributed by atoms with van der Waals surface area (Å²) in [5.74, 6) is 2.03. The second-order valence-corrected chi connectivity index (χ2v) is 7.16. The van der Waals surface area contributed by atoms with Crippen molar-refractivity contribution in [3.05, 3.63) is 35.8 Å². The Morgan fingerprint density at radius 2 is 2.21 bits per heavy atom. The highest BCUT2D eigenvalue weighted by molar-refractivity contribution is 5.09. The van der Waals surface area contributed by atoms with Gasteiger partial charge in [-0.1, -0.05) is 0 Å². The van der Waals surface area contributed by atoms with E-state index in [2.05, 4.69) is 38.4 Å². The second kappa shape index (κ2) is 6.31. The number of furan rings is 1. The first-order valence-corrected chi connectivity index (χ1v) is 8.71. The highest BCUT2D eigenvalue weighted by Gasteiger charge is 2.37. The summed E-state index contributed by atoms with van der Waals surface area (Å²) in [4.78, 5) is 4.70. The van der Waals surface area contributed by atoms with Crippen LogP contribution in [-0.4, -0.2) is 54.9 Å². The Labute approximate surface area is 141 Å². The number of likely N-dealkylation sites (tertiary alicyclic amines) is 1. The average molecular weight is 331 g/mol. The van der Waals surface area contributed by atoms with Crippen LogP contribution in [0.2, 0.25) is 0 Å². The maximum Gasteiger partial charge on any atom is 0.150 e. The molecule has 2 aromatic rings. The topological polar surface area (TPSA) is 70.6 Å². The zero-order valence-corrected chi connectivity index (χ0v) is 14.3. The first-order valence-electron chi connectivity index (χ1n) is 8.71. The van der Waals surface area contributed by atoms with Crippen molar-refractivity contribution in [2.45, 2.75) is 58.1 Å². The van der Waals surface area contributed by atoms with Gasteiger partial charge in [0.05, 0.1) is 31.2 Å². The van der Waals surface area contributed by atoms with E-state index in [9.17, 15) is 5.11 Å². The van der Waals surface area contributed by atoms with Crippen LogP contribution in [0.4, 0.5) is 0 Å². The highest BCUT2D eigenvalue weighted by Crippen LogP contribution is 2.33. The van der Waals surface area contributed by atoms with Gasteiger partial charge in [0.25, 0.3) is 0 Å². The molecule has 130 valence electrons. The number of rotatable bonds is 4. The molecular weight excluding hydrogens is 306 g/mol. The smallest absolute Gasteiger partial charge is 0.150 e. The van der Waals surface area contributed by atoms with Gasteiger partial charge < -0.3 is 14.1 Å². The van der Waals surface area contributed by atoms with Crippen LogP contribution >= 0.6 is 0 Å². The normalized spacial score (nSPS) is 25.5. The first kappa shape index (κ1) is 15.8. The molecule has 4 rings (SSSR count). The standard InChI is InChI=1S/C17H25N5O2/c1-12(2)22-9-14(23)7-15(22)17-19-18-16-10-20(4-5-21(16)17)8-13-3-6-24-11-13/h3,6,11-12,14-15,23H,4-5,7-10H2,1-2H3/t14-,15-/m0/s1. The molecular formula is C17H25N5O2. The Hall–Kier alpha value is -1.70. The minimum absolute atomic E-state index is 0.168. The number of nitrogens with zero attached hydrogens (tertiary/aromatic N) is 5. The number of hydrogen-bond donors (Lipinski definition) is 1. The molecule has 1 N–H and O–H groups in total. The summed E-state index contributed by atoms with van der Waals surface area (Å²) >= 11 is 0. The minimum atomic E-state index is -0.272. The fourth-order valence-corrected chi connectivity index (χ4v) is 3.92. The molecule has 0 aliphatic carbocycles. The van der Waals surface area contributed by atoms with Crippen molar-refractivity contribution in [2.24, 2.45) is 0 Å². The van der Waals surface area contributed by atoms with E-state index in [0.717, 1.165) is 50.8 Å². The van der Waals surface area contributed by atoms with E-state index >= 15 is 0 Å². The Balaban J connectivity index is 1.52. The quantitative estimate of drug-likeness (QED) is 0.913. The van der Waals surface area contributed by atoms with Gasteiger partial charge in [0, 0.05) is 37.8 Å². The third kappa shape index (κ3) is 2.87. The molecule has 2 aliphatic heterocycles. The molecule has 0 unspecified atom stereocenters. The molecule has 0 amide bonds. The molecule has 2 aromatic heterocycles. The number of β-amino-alcohol motifs (C(OH)–C–C–N with tert-alkyl or cyclic N) is 1. The number of aromatic nitrogens is 3. The maximum absolute atomic E-state index is 10.1. The Morgan fingerprint density at radius 3 is 2.96 bits per heavy atom. The lowest BCUT2D eigenvalue weighted by atomic mass is 10.1. The zero-order valence-electron chi connectivity index (χ0n) is 14.3. The molecule has 1 saturated heterocycles.